The highest BCUT2D eigenvalue weighted by molar-refractivity contribution is 5.89. The Hall–Kier alpha value is -2.37. The van der Waals surface area contributed by atoms with E-state index in [2.05, 4.69) is 41.3 Å². The van der Waals surface area contributed by atoms with Gasteiger partial charge in [-0.15, -0.1) is 0 Å². The summed E-state index contributed by atoms with van der Waals surface area (Å²) in [5, 5.41) is 10.5. The van der Waals surface area contributed by atoms with Gasteiger partial charge in [-0.25, -0.2) is 0 Å². The van der Waals surface area contributed by atoms with Crippen molar-refractivity contribution in [1.82, 2.24) is 4.90 Å². The number of nitrogens with zero attached hydrogens (tertiary/aromatic N) is 1. The summed E-state index contributed by atoms with van der Waals surface area (Å²) in [6, 6.07) is 14.9. The van der Waals surface area contributed by atoms with Crippen molar-refractivity contribution in [1.29, 1.82) is 0 Å². The lowest BCUT2D eigenvalue weighted by atomic mass is 9.51. The zero-order valence-electron chi connectivity index (χ0n) is 19.6. The van der Waals surface area contributed by atoms with Crippen molar-refractivity contribution in [3.63, 3.8) is 0 Å². The van der Waals surface area contributed by atoms with Crippen LogP contribution < -0.4 is 4.74 Å². The van der Waals surface area contributed by atoms with E-state index in [1.165, 1.54) is 17.5 Å². The van der Waals surface area contributed by atoms with E-state index >= 15 is 0 Å². The standard InChI is InChI=1S/C29H33NO4/c31-23-10-8-19-15-22-21-9-11-24(32)28-29(21,26(19)27(23)34-28)12-13-30(22)17-20-16-25(20)33-14-4-7-18-5-2-1-3-6-18/h1-3,5-6,8,10,20-22,25,28,31H,4,7,9,11-17H2/t20?,21-,22+,25?,28-,29-/m0/s1. The smallest absolute Gasteiger partial charge is 0.174 e. The SMILES string of the molecule is O=C1CC[C@H]2[C@H]3Cc4ccc(O)c5c4[C@@]2(CCN3CC2CC2OCCCc2ccccc2)[C@H]1O5. The minimum Gasteiger partial charge on any atom is -0.504 e. The summed E-state index contributed by atoms with van der Waals surface area (Å²) in [5.41, 5.74) is 3.60. The number of rotatable bonds is 7. The summed E-state index contributed by atoms with van der Waals surface area (Å²) in [6.45, 7) is 2.94. The maximum absolute atomic E-state index is 12.9. The molecule has 0 radical (unpaired) electrons. The van der Waals surface area contributed by atoms with Gasteiger partial charge in [0.05, 0.1) is 6.10 Å². The molecule has 3 aliphatic carbocycles. The first-order valence-electron chi connectivity index (χ1n) is 13.1. The summed E-state index contributed by atoms with van der Waals surface area (Å²) in [5.74, 6) is 2.07. The van der Waals surface area contributed by atoms with Gasteiger partial charge in [-0.1, -0.05) is 36.4 Å². The van der Waals surface area contributed by atoms with E-state index in [0.29, 0.717) is 36.2 Å². The number of benzene rings is 2. The van der Waals surface area contributed by atoms with Crippen LogP contribution in [0.5, 0.6) is 11.5 Å². The van der Waals surface area contributed by atoms with Crippen LogP contribution in [0.25, 0.3) is 0 Å². The van der Waals surface area contributed by atoms with E-state index in [4.69, 9.17) is 9.47 Å². The number of carbonyl (C=O) groups is 1. The van der Waals surface area contributed by atoms with Crippen LogP contribution >= 0.6 is 0 Å². The number of Topliss-reactive ketones (excluding diaryl/α,β-unsaturated/α-hetero) is 1. The second-order valence-corrected chi connectivity index (χ2v) is 11.1. The predicted molar refractivity (Wildman–Crippen MR) is 128 cm³/mol. The quantitative estimate of drug-likeness (QED) is 0.634. The third kappa shape index (κ3) is 3.09. The van der Waals surface area contributed by atoms with Crippen molar-refractivity contribution in [2.24, 2.45) is 11.8 Å². The fourth-order valence-corrected chi connectivity index (χ4v) is 7.71. The molecule has 178 valence electrons. The highest BCUT2D eigenvalue weighted by atomic mass is 16.5. The molecule has 5 nitrogen and oxygen atoms in total. The lowest BCUT2D eigenvalue weighted by Gasteiger charge is -2.57. The Labute approximate surface area is 201 Å². The van der Waals surface area contributed by atoms with Gasteiger partial charge in [-0.3, -0.25) is 9.69 Å². The average molecular weight is 460 g/mol. The van der Waals surface area contributed by atoms with E-state index in [1.54, 1.807) is 6.07 Å². The van der Waals surface area contributed by atoms with Gasteiger partial charge in [-0.2, -0.15) is 0 Å². The molecule has 3 fully saturated rings. The van der Waals surface area contributed by atoms with Crippen molar-refractivity contribution < 1.29 is 19.4 Å². The van der Waals surface area contributed by atoms with Crippen molar-refractivity contribution in [3.8, 4) is 11.5 Å². The molecule has 1 saturated heterocycles. The molecule has 2 unspecified atom stereocenters. The molecule has 1 spiro atoms. The second-order valence-electron chi connectivity index (χ2n) is 11.1. The zero-order valence-corrected chi connectivity index (χ0v) is 19.6. The monoisotopic (exact) mass is 459 g/mol. The van der Waals surface area contributed by atoms with Crippen LogP contribution in [0, 0.1) is 11.8 Å². The van der Waals surface area contributed by atoms with Crippen molar-refractivity contribution in [3.05, 3.63) is 59.2 Å². The molecule has 7 rings (SSSR count). The van der Waals surface area contributed by atoms with Gasteiger partial charge in [0.1, 0.15) is 0 Å². The first kappa shape index (κ1) is 21.0. The van der Waals surface area contributed by atoms with Gasteiger partial charge in [0.25, 0.3) is 0 Å². The van der Waals surface area contributed by atoms with Crippen LogP contribution in [0.1, 0.15) is 48.8 Å². The minimum atomic E-state index is -0.403. The van der Waals surface area contributed by atoms with Crippen molar-refractivity contribution in [2.75, 3.05) is 19.7 Å². The Kier molecular flexibility index (Phi) is 4.82. The average Bonchev–Trinajstić information content (AvgIpc) is 3.49. The molecule has 0 amide bonds. The summed E-state index contributed by atoms with van der Waals surface area (Å²) in [7, 11) is 0. The molecule has 2 aromatic carbocycles. The van der Waals surface area contributed by atoms with Gasteiger partial charge in [0.15, 0.2) is 23.4 Å². The molecule has 2 saturated carbocycles. The molecule has 2 aromatic rings. The first-order valence-corrected chi connectivity index (χ1v) is 13.1. The van der Waals surface area contributed by atoms with Gasteiger partial charge in [0, 0.05) is 42.5 Å². The number of hydrogen-bond donors (Lipinski definition) is 1. The van der Waals surface area contributed by atoms with Gasteiger partial charge < -0.3 is 14.6 Å². The Balaban J connectivity index is 1.03. The van der Waals surface area contributed by atoms with Crippen LogP contribution in [0.3, 0.4) is 0 Å². The minimum absolute atomic E-state index is 0.195. The van der Waals surface area contributed by atoms with E-state index in [1.807, 2.05) is 0 Å². The molecular formula is C29H33NO4. The summed E-state index contributed by atoms with van der Waals surface area (Å²) in [6.07, 6.45) is 6.81. The van der Waals surface area contributed by atoms with Crippen LogP contribution in [-0.2, 0) is 27.8 Å². The number of phenols is 1. The number of carbonyl (C=O) groups excluding carboxylic acids is 1. The van der Waals surface area contributed by atoms with E-state index in [9.17, 15) is 9.90 Å². The first-order chi connectivity index (χ1) is 16.6. The zero-order chi connectivity index (χ0) is 22.9. The number of hydrogen-bond acceptors (Lipinski definition) is 5. The highest BCUT2D eigenvalue weighted by Crippen LogP contribution is 2.63. The summed E-state index contributed by atoms with van der Waals surface area (Å²) >= 11 is 0. The molecule has 6 atom stereocenters. The fraction of sp³-hybridized carbons (Fsp3) is 0.552. The molecule has 2 bridgehead atoms. The van der Waals surface area contributed by atoms with E-state index in [-0.39, 0.29) is 16.9 Å². The lowest BCUT2D eigenvalue weighted by molar-refractivity contribution is -0.139. The maximum Gasteiger partial charge on any atom is 0.174 e. The molecule has 34 heavy (non-hydrogen) atoms. The third-order valence-corrected chi connectivity index (χ3v) is 9.33. The molecule has 2 aliphatic heterocycles. The largest absolute Gasteiger partial charge is 0.504 e. The fourth-order valence-electron chi connectivity index (χ4n) is 7.71. The lowest BCUT2D eigenvalue weighted by Crippen LogP contribution is -2.66. The van der Waals surface area contributed by atoms with E-state index in [0.717, 1.165) is 57.4 Å². The summed E-state index contributed by atoms with van der Waals surface area (Å²) < 4.78 is 12.4. The number of phenolic OH excluding ortho intramolecular Hbond substituents is 1. The molecule has 5 heteroatoms. The Morgan fingerprint density at radius 1 is 1.18 bits per heavy atom. The number of ketones is 1. The van der Waals surface area contributed by atoms with Gasteiger partial charge >= 0.3 is 0 Å². The van der Waals surface area contributed by atoms with Crippen molar-refractivity contribution >= 4 is 5.78 Å². The Bertz CT molecular complexity index is 1120. The molecular weight excluding hydrogens is 426 g/mol. The molecule has 0 aromatic heterocycles. The van der Waals surface area contributed by atoms with Crippen LogP contribution in [-0.4, -0.2) is 53.7 Å². The molecule has 2 heterocycles. The Morgan fingerprint density at radius 3 is 2.94 bits per heavy atom. The third-order valence-electron chi connectivity index (χ3n) is 9.33. The highest BCUT2D eigenvalue weighted by Gasteiger charge is 2.66. The number of likely N-dealkylation sites (tertiary alicyclic amines) is 1. The second kappa shape index (κ2) is 7.82. The van der Waals surface area contributed by atoms with E-state index < -0.39 is 6.10 Å². The van der Waals surface area contributed by atoms with Gasteiger partial charge in [0.2, 0.25) is 0 Å². The van der Waals surface area contributed by atoms with Crippen LogP contribution in [0.4, 0.5) is 0 Å². The predicted octanol–water partition coefficient (Wildman–Crippen LogP) is 4.04. The number of piperidine rings is 1. The normalized spacial score (nSPS) is 35.1. The van der Waals surface area contributed by atoms with Crippen molar-refractivity contribution in [2.45, 2.75) is 68.6 Å². The Morgan fingerprint density at radius 2 is 2.06 bits per heavy atom. The summed E-state index contributed by atoms with van der Waals surface area (Å²) in [4.78, 5) is 15.6. The van der Waals surface area contributed by atoms with Crippen LogP contribution in [0.2, 0.25) is 0 Å². The van der Waals surface area contributed by atoms with Gasteiger partial charge in [-0.05, 0) is 68.2 Å². The number of ether oxygens (including phenoxy) is 2. The topological polar surface area (TPSA) is 59.0 Å². The number of aromatic hydroxyl groups is 1. The number of aryl methyl sites for hydroxylation is 1. The molecule has 5 aliphatic rings. The molecule has 1 N–H and O–H groups in total. The maximum atomic E-state index is 12.9. The van der Waals surface area contributed by atoms with Crippen LogP contribution in [0.15, 0.2) is 42.5 Å².